The van der Waals surface area contributed by atoms with Gasteiger partial charge in [-0.2, -0.15) is 0 Å². The molecule has 1 aliphatic rings. The fourth-order valence-electron chi connectivity index (χ4n) is 3.57. The van der Waals surface area contributed by atoms with Gasteiger partial charge in [0.2, 0.25) is 0 Å². The van der Waals surface area contributed by atoms with Gasteiger partial charge in [0, 0.05) is 56.4 Å². The van der Waals surface area contributed by atoms with Crippen molar-refractivity contribution < 1.29 is 13.9 Å². The number of carbonyl (C=O) groups excluding carboxylic acids is 1. The molecule has 0 spiro atoms. The van der Waals surface area contributed by atoms with Gasteiger partial charge in [-0.25, -0.2) is 4.98 Å². The van der Waals surface area contributed by atoms with Gasteiger partial charge >= 0.3 is 0 Å². The van der Waals surface area contributed by atoms with Crippen molar-refractivity contribution in [1.29, 1.82) is 0 Å². The van der Waals surface area contributed by atoms with Crippen molar-refractivity contribution in [3.63, 3.8) is 0 Å². The molecule has 0 unspecified atom stereocenters. The Hall–Kier alpha value is -3.09. The lowest BCUT2D eigenvalue weighted by Crippen LogP contribution is -2.39. The summed E-state index contributed by atoms with van der Waals surface area (Å²) in [6.07, 6.45) is 9.37. The number of hydrogen-bond acceptors (Lipinski definition) is 5. The van der Waals surface area contributed by atoms with Gasteiger partial charge in [0.15, 0.2) is 5.76 Å². The monoisotopic (exact) mass is 366 g/mol. The maximum atomic E-state index is 12.8. The molecule has 0 aromatic carbocycles. The largest absolute Gasteiger partial charge is 0.468 e. The van der Waals surface area contributed by atoms with Crippen LogP contribution in [0, 0.1) is 0 Å². The molecule has 0 N–H and O–H groups in total. The van der Waals surface area contributed by atoms with Crippen LogP contribution in [0.4, 0.5) is 0 Å². The molecule has 1 saturated heterocycles. The SMILES string of the molecule is COc1ccc(C(=O)N2CCC[C@@H](c3nccn3Cc3ccncc3)C2)o1. The van der Waals surface area contributed by atoms with Gasteiger partial charge in [0.05, 0.1) is 7.11 Å². The highest BCUT2D eigenvalue weighted by atomic mass is 16.6. The van der Waals surface area contributed by atoms with Gasteiger partial charge < -0.3 is 18.6 Å². The number of carbonyl (C=O) groups is 1. The maximum absolute atomic E-state index is 12.8. The smallest absolute Gasteiger partial charge is 0.289 e. The van der Waals surface area contributed by atoms with Crippen LogP contribution in [0.25, 0.3) is 0 Å². The molecule has 0 bridgehead atoms. The Balaban J connectivity index is 1.49. The van der Waals surface area contributed by atoms with Gasteiger partial charge in [0.25, 0.3) is 11.9 Å². The first-order chi connectivity index (χ1) is 13.2. The highest BCUT2D eigenvalue weighted by Gasteiger charge is 2.29. The van der Waals surface area contributed by atoms with Crippen molar-refractivity contribution in [2.45, 2.75) is 25.3 Å². The van der Waals surface area contributed by atoms with Gasteiger partial charge in [-0.3, -0.25) is 9.78 Å². The van der Waals surface area contributed by atoms with Crippen LogP contribution in [0.5, 0.6) is 5.95 Å². The lowest BCUT2D eigenvalue weighted by molar-refractivity contribution is 0.0665. The molecule has 0 saturated carbocycles. The van der Waals surface area contributed by atoms with Crippen molar-refractivity contribution >= 4 is 5.91 Å². The fraction of sp³-hybridized carbons (Fsp3) is 0.350. The minimum atomic E-state index is -0.102. The minimum absolute atomic E-state index is 0.102. The number of aromatic nitrogens is 3. The molecule has 7 heteroatoms. The molecule has 3 aromatic heterocycles. The first kappa shape index (κ1) is 17.3. The zero-order valence-electron chi connectivity index (χ0n) is 15.2. The third-order valence-electron chi connectivity index (χ3n) is 4.92. The second kappa shape index (κ2) is 7.65. The molecule has 0 aliphatic carbocycles. The van der Waals surface area contributed by atoms with Crippen molar-refractivity contribution in [2.75, 3.05) is 20.2 Å². The second-order valence-electron chi connectivity index (χ2n) is 6.68. The molecule has 3 aromatic rings. The fourth-order valence-corrected chi connectivity index (χ4v) is 3.57. The number of amides is 1. The van der Waals surface area contributed by atoms with E-state index in [9.17, 15) is 4.79 Å². The lowest BCUT2D eigenvalue weighted by atomic mass is 9.96. The Morgan fingerprint density at radius 1 is 1.26 bits per heavy atom. The van der Waals surface area contributed by atoms with E-state index in [2.05, 4.69) is 14.5 Å². The number of ether oxygens (including phenoxy) is 1. The quantitative estimate of drug-likeness (QED) is 0.694. The van der Waals surface area contributed by atoms with E-state index >= 15 is 0 Å². The number of imidazole rings is 1. The third kappa shape index (κ3) is 3.72. The summed E-state index contributed by atoms with van der Waals surface area (Å²) >= 11 is 0. The summed E-state index contributed by atoms with van der Waals surface area (Å²) in [5, 5.41) is 0. The Morgan fingerprint density at radius 3 is 2.89 bits per heavy atom. The summed E-state index contributed by atoms with van der Waals surface area (Å²) in [5.41, 5.74) is 1.18. The van der Waals surface area contributed by atoms with Crippen LogP contribution in [-0.4, -0.2) is 45.5 Å². The average Bonchev–Trinajstić information content (AvgIpc) is 3.38. The standard InChI is InChI=1S/C20H22N4O3/c1-26-18-5-4-17(27-18)20(25)24-11-2-3-16(14-24)19-22-10-12-23(19)13-15-6-8-21-9-7-15/h4-10,12,16H,2-3,11,13-14H2,1H3/t16-/m1/s1. The summed E-state index contributed by atoms with van der Waals surface area (Å²) in [6.45, 7) is 2.11. The zero-order valence-corrected chi connectivity index (χ0v) is 15.2. The summed E-state index contributed by atoms with van der Waals surface area (Å²) in [4.78, 5) is 23.3. The summed E-state index contributed by atoms with van der Waals surface area (Å²) < 4.78 is 12.6. The average molecular weight is 366 g/mol. The van der Waals surface area contributed by atoms with Gasteiger partial charge in [0.1, 0.15) is 5.82 Å². The Morgan fingerprint density at radius 2 is 2.11 bits per heavy atom. The van der Waals surface area contributed by atoms with Gasteiger partial charge in [-0.15, -0.1) is 0 Å². The number of rotatable bonds is 5. The van der Waals surface area contributed by atoms with Crippen molar-refractivity contribution in [2.24, 2.45) is 0 Å². The second-order valence-corrected chi connectivity index (χ2v) is 6.68. The highest BCUT2D eigenvalue weighted by molar-refractivity contribution is 5.91. The van der Waals surface area contributed by atoms with Crippen LogP contribution >= 0.6 is 0 Å². The van der Waals surface area contributed by atoms with E-state index in [1.165, 1.54) is 12.7 Å². The molecule has 7 nitrogen and oxygen atoms in total. The van der Waals surface area contributed by atoms with Crippen LogP contribution in [0.1, 0.15) is 40.7 Å². The molecule has 1 amide bonds. The van der Waals surface area contributed by atoms with E-state index in [0.29, 0.717) is 18.3 Å². The topological polar surface area (TPSA) is 73.4 Å². The molecule has 4 rings (SSSR count). The van der Waals surface area contributed by atoms with Crippen LogP contribution < -0.4 is 4.74 Å². The Bertz CT molecular complexity index is 903. The molecule has 0 radical (unpaired) electrons. The predicted octanol–water partition coefficient (Wildman–Crippen LogP) is 2.95. The van der Waals surface area contributed by atoms with E-state index in [1.54, 1.807) is 24.5 Å². The maximum Gasteiger partial charge on any atom is 0.289 e. The van der Waals surface area contributed by atoms with E-state index in [0.717, 1.165) is 31.8 Å². The number of nitrogens with zero attached hydrogens (tertiary/aromatic N) is 4. The van der Waals surface area contributed by atoms with E-state index in [1.807, 2.05) is 29.4 Å². The zero-order chi connectivity index (χ0) is 18.6. The first-order valence-corrected chi connectivity index (χ1v) is 9.07. The third-order valence-corrected chi connectivity index (χ3v) is 4.92. The summed E-state index contributed by atoms with van der Waals surface area (Å²) in [7, 11) is 1.52. The van der Waals surface area contributed by atoms with Crippen LogP contribution in [0.2, 0.25) is 0 Å². The molecule has 1 aliphatic heterocycles. The Kier molecular flexibility index (Phi) is 4.91. The van der Waals surface area contributed by atoms with E-state index in [-0.39, 0.29) is 11.8 Å². The number of likely N-dealkylation sites (tertiary alicyclic amines) is 1. The van der Waals surface area contributed by atoms with E-state index in [4.69, 9.17) is 9.15 Å². The number of hydrogen-bond donors (Lipinski definition) is 0. The molecule has 140 valence electrons. The van der Waals surface area contributed by atoms with Gasteiger partial charge in [-0.1, -0.05) is 0 Å². The van der Waals surface area contributed by atoms with Crippen LogP contribution in [0.3, 0.4) is 0 Å². The number of pyridine rings is 1. The predicted molar refractivity (Wildman–Crippen MR) is 98.7 cm³/mol. The normalized spacial score (nSPS) is 17.1. The molecule has 4 heterocycles. The Labute approximate surface area is 157 Å². The van der Waals surface area contributed by atoms with E-state index < -0.39 is 0 Å². The molecular weight excluding hydrogens is 344 g/mol. The number of methoxy groups -OCH3 is 1. The van der Waals surface area contributed by atoms with Crippen molar-refractivity contribution in [1.82, 2.24) is 19.4 Å². The first-order valence-electron chi connectivity index (χ1n) is 9.07. The van der Waals surface area contributed by atoms with Gasteiger partial charge in [-0.05, 0) is 36.6 Å². The van der Waals surface area contributed by atoms with Crippen molar-refractivity contribution in [3.05, 3.63) is 66.2 Å². The van der Waals surface area contributed by atoms with Crippen molar-refractivity contribution in [3.8, 4) is 5.95 Å². The number of piperidine rings is 1. The molecule has 1 atom stereocenters. The summed E-state index contributed by atoms with van der Waals surface area (Å²) in [5.74, 6) is 1.78. The van der Waals surface area contributed by atoms with Crippen LogP contribution in [0.15, 0.2) is 53.5 Å². The number of furan rings is 1. The minimum Gasteiger partial charge on any atom is -0.468 e. The van der Waals surface area contributed by atoms with Crippen LogP contribution in [-0.2, 0) is 6.54 Å². The molecule has 27 heavy (non-hydrogen) atoms. The summed E-state index contributed by atoms with van der Waals surface area (Å²) in [6, 6.07) is 7.33. The molecule has 1 fully saturated rings. The highest BCUT2D eigenvalue weighted by Crippen LogP contribution is 2.28. The lowest BCUT2D eigenvalue weighted by Gasteiger charge is -2.32. The molecular formula is C20H22N4O3.